The fourth-order valence-corrected chi connectivity index (χ4v) is 1.65. The zero-order valence-corrected chi connectivity index (χ0v) is 11.0. The van der Waals surface area contributed by atoms with Crippen molar-refractivity contribution in [1.29, 1.82) is 0 Å². The van der Waals surface area contributed by atoms with Crippen molar-refractivity contribution >= 4 is 11.9 Å². The molecule has 0 aliphatic rings. The average molecular weight is 278 g/mol. The van der Waals surface area contributed by atoms with Crippen LogP contribution in [0.5, 0.6) is 0 Å². The summed E-state index contributed by atoms with van der Waals surface area (Å²) in [5.41, 5.74) is 0.00306. The fraction of sp³-hybridized carbons (Fsp3) is 0.308. The van der Waals surface area contributed by atoms with Crippen LogP contribution in [0.4, 0.5) is 0 Å². The van der Waals surface area contributed by atoms with Crippen LogP contribution in [-0.2, 0) is 4.79 Å². The Labute approximate surface area is 114 Å². The van der Waals surface area contributed by atoms with Gasteiger partial charge in [0.2, 0.25) is 5.76 Å². The highest BCUT2D eigenvalue weighted by atomic mass is 16.5. The van der Waals surface area contributed by atoms with Gasteiger partial charge < -0.3 is 19.4 Å². The summed E-state index contributed by atoms with van der Waals surface area (Å²) in [4.78, 5) is 22.9. The van der Waals surface area contributed by atoms with Gasteiger partial charge in [0.15, 0.2) is 11.5 Å². The van der Waals surface area contributed by atoms with Crippen molar-refractivity contribution in [2.75, 3.05) is 0 Å². The van der Waals surface area contributed by atoms with Crippen molar-refractivity contribution in [3.05, 3.63) is 30.2 Å². The minimum Gasteiger partial charge on any atom is -0.480 e. The molecule has 0 bridgehead atoms. The quantitative estimate of drug-likeness (QED) is 0.863. The van der Waals surface area contributed by atoms with Gasteiger partial charge in [-0.25, -0.2) is 4.79 Å². The first-order chi connectivity index (χ1) is 9.49. The highest BCUT2D eigenvalue weighted by Crippen LogP contribution is 2.20. The molecule has 2 N–H and O–H groups in total. The van der Waals surface area contributed by atoms with Crippen LogP contribution in [0.1, 0.15) is 24.3 Å². The van der Waals surface area contributed by atoms with Crippen LogP contribution in [0.3, 0.4) is 0 Å². The van der Waals surface area contributed by atoms with E-state index < -0.39 is 17.9 Å². The molecule has 0 fully saturated rings. The lowest BCUT2D eigenvalue weighted by atomic mass is 10.0. The molecule has 1 amide bonds. The van der Waals surface area contributed by atoms with E-state index in [0.717, 1.165) is 0 Å². The van der Waals surface area contributed by atoms with Gasteiger partial charge in [-0.3, -0.25) is 4.79 Å². The predicted octanol–water partition coefficient (Wildman–Crippen LogP) is 1.77. The Morgan fingerprint density at radius 2 is 2.10 bits per heavy atom. The Balaban J connectivity index is 2.12. The lowest BCUT2D eigenvalue weighted by Gasteiger charge is -2.16. The molecule has 1 atom stereocenters. The van der Waals surface area contributed by atoms with Crippen molar-refractivity contribution in [2.45, 2.75) is 19.9 Å². The second-order valence-corrected chi connectivity index (χ2v) is 4.59. The minimum atomic E-state index is -1.09. The summed E-state index contributed by atoms with van der Waals surface area (Å²) in [5.74, 6) is -1.20. The zero-order chi connectivity index (χ0) is 14.7. The Hall–Kier alpha value is -2.57. The van der Waals surface area contributed by atoms with E-state index in [2.05, 4.69) is 10.5 Å². The first-order valence-corrected chi connectivity index (χ1v) is 6.03. The molecule has 2 aromatic heterocycles. The van der Waals surface area contributed by atoms with Crippen LogP contribution in [0.2, 0.25) is 0 Å². The maximum absolute atomic E-state index is 11.9. The SMILES string of the molecule is CC(C)[C@H](NC(=O)c1cc(-c2ccco2)on1)C(=O)O. The summed E-state index contributed by atoms with van der Waals surface area (Å²) in [7, 11) is 0. The van der Waals surface area contributed by atoms with Crippen LogP contribution >= 0.6 is 0 Å². The van der Waals surface area contributed by atoms with Gasteiger partial charge >= 0.3 is 5.97 Å². The Bertz CT molecular complexity index is 600. The molecule has 106 valence electrons. The molecule has 0 radical (unpaired) electrons. The molecule has 0 aliphatic heterocycles. The van der Waals surface area contributed by atoms with Crippen LogP contribution in [-0.4, -0.2) is 28.2 Å². The number of amides is 1. The van der Waals surface area contributed by atoms with Crippen molar-refractivity contribution in [1.82, 2.24) is 10.5 Å². The number of hydrogen-bond acceptors (Lipinski definition) is 5. The predicted molar refractivity (Wildman–Crippen MR) is 67.9 cm³/mol. The second-order valence-electron chi connectivity index (χ2n) is 4.59. The van der Waals surface area contributed by atoms with Gasteiger partial charge in [-0.05, 0) is 18.1 Å². The summed E-state index contributed by atoms with van der Waals surface area (Å²) in [6, 6.07) is 3.76. The number of nitrogens with one attached hydrogen (secondary N) is 1. The number of aliphatic carboxylic acids is 1. The molecule has 2 rings (SSSR count). The molecule has 20 heavy (non-hydrogen) atoms. The van der Waals surface area contributed by atoms with Gasteiger partial charge in [0.1, 0.15) is 6.04 Å². The van der Waals surface area contributed by atoms with E-state index in [1.807, 2.05) is 0 Å². The first kappa shape index (κ1) is 13.9. The molecule has 0 aliphatic carbocycles. The standard InChI is InChI=1S/C13H14N2O5/c1-7(2)11(13(17)18)14-12(16)8-6-10(20-15-8)9-4-3-5-19-9/h3-7,11H,1-2H3,(H,14,16)(H,17,18)/t11-/m0/s1. The molecule has 0 saturated heterocycles. The third-order valence-corrected chi connectivity index (χ3v) is 2.73. The van der Waals surface area contributed by atoms with E-state index in [0.29, 0.717) is 11.5 Å². The van der Waals surface area contributed by atoms with Crippen molar-refractivity contribution in [2.24, 2.45) is 5.92 Å². The normalized spacial score (nSPS) is 12.3. The lowest BCUT2D eigenvalue weighted by molar-refractivity contribution is -0.140. The average Bonchev–Trinajstić information content (AvgIpc) is 3.04. The Morgan fingerprint density at radius 1 is 1.35 bits per heavy atom. The number of rotatable bonds is 5. The monoisotopic (exact) mass is 278 g/mol. The van der Waals surface area contributed by atoms with Gasteiger partial charge in [0, 0.05) is 6.07 Å². The van der Waals surface area contributed by atoms with Gasteiger partial charge in [-0.1, -0.05) is 19.0 Å². The number of carbonyl (C=O) groups excluding carboxylic acids is 1. The number of furan rings is 1. The highest BCUT2D eigenvalue weighted by Gasteiger charge is 2.25. The number of nitrogens with zero attached hydrogens (tertiary/aromatic N) is 1. The molecule has 0 unspecified atom stereocenters. The van der Waals surface area contributed by atoms with Crippen molar-refractivity contribution in [3.63, 3.8) is 0 Å². The second kappa shape index (κ2) is 5.60. The Morgan fingerprint density at radius 3 is 2.65 bits per heavy atom. The van der Waals surface area contributed by atoms with Crippen molar-refractivity contribution < 1.29 is 23.6 Å². The Kier molecular flexibility index (Phi) is 3.88. The summed E-state index contributed by atoms with van der Waals surface area (Å²) >= 11 is 0. The van der Waals surface area contributed by atoms with E-state index in [-0.39, 0.29) is 11.6 Å². The molecule has 7 heteroatoms. The third-order valence-electron chi connectivity index (χ3n) is 2.73. The summed E-state index contributed by atoms with van der Waals surface area (Å²) in [6.45, 7) is 3.41. The summed E-state index contributed by atoms with van der Waals surface area (Å²) in [6.07, 6.45) is 1.47. The van der Waals surface area contributed by atoms with E-state index in [1.54, 1.807) is 26.0 Å². The summed E-state index contributed by atoms with van der Waals surface area (Å²) in [5, 5.41) is 15.0. The fourth-order valence-electron chi connectivity index (χ4n) is 1.65. The number of carboxylic acids is 1. The molecule has 2 aromatic rings. The van der Waals surface area contributed by atoms with Gasteiger partial charge in [0.05, 0.1) is 6.26 Å². The highest BCUT2D eigenvalue weighted by molar-refractivity contribution is 5.95. The first-order valence-electron chi connectivity index (χ1n) is 6.03. The van der Waals surface area contributed by atoms with Gasteiger partial charge in [-0.15, -0.1) is 0 Å². The topological polar surface area (TPSA) is 106 Å². The van der Waals surface area contributed by atoms with E-state index in [4.69, 9.17) is 14.0 Å². The summed E-state index contributed by atoms with van der Waals surface area (Å²) < 4.78 is 10.1. The molecular formula is C13H14N2O5. The molecular weight excluding hydrogens is 264 g/mol. The third kappa shape index (κ3) is 2.87. The maximum atomic E-state index is 11.9. The number of carboxylic acid groups (broad SMARTS) is 1. The largest absolute Gasteiger partial charge is 0.480 e. The number of hydrogen-bond donors (Lipinski definition) is 2. The van der Waals surface area contributed by atoms with E-state index in [9.17, 15) is 9.59 Å². The molecule has 0 aromatic carbocycles. The maximum Gasteiger partial charge on any atom is 0.326 e. The molecule has 0 saturated carbocycles. The smallest absolute Gasteiger partial charge is 0.326 e. The lowest BCUT2D eigenvalue weighted by Crippen LogP contribution is -2.44. The molecule has 7 nitrogen and oxygen atoms in total. The minimum absolute atomic E-state index is 0.00306. The van der Waals surface area contributed by atoms with Crippen LogP contribution in [0, 0.1) is 5.92 Å². The van der Waals surface area contributed by atoms with Crippen LogP contribution in [0.25, 0.3) is 11.5 Å². The number of carbonyl (C=O) groups is 2. The van der Waals surface area contributed by atoms with Crippen LogP contribution in [0.15, 0.2) is 33.4 Å². The zero-order valence-electron chi connectivity index (χ0n) is 11.0. The van der Waals surface area contributed by atoms with Gasteiger partial charge in [-0.2, -0.15) is 0 Å². The molecule has 0 spiro atoms. The number of aromatic nitrogens is 1. The van der Waals surface area contributed by atoms with Crippen molar-refractivity contribution in [3.8, 4) is 11.5 Å². The van der Waals surface area contributed by atoms with E-state index >= 15 is 0 Å². The van der Waals surface area contributed by atoms with E-state index in [1.165, 1.54) is 12.3 Å². The molecule has 2 heterocycles. The van der Waals surface area contributed by atoms with Crippen LogP contribution < -0.4 is 5.32 Å². The van der Waals surface area contributed by atoms with Gasteiger partial charge in [0.25, 0.3) is 5.91 Å².